The SMILES string of the molecule is CC1(C)CC(CC(C#N)NC=O)C(=O)N1.CN[C-]=O.C[C@H](CC(=O)N1CC2C(C1)C2(C)C)OC(C)(C)C.[Fm]. The topological polar surface area (TPSA) is 141 Å². The minimum atomic E-state index is -0.577. The van der Waals surface area contributed by atoms with Crippen LogP contribution in [-0.2, 0) is 23.9 Å². The number of rotatable bonds is 8. The summed E-state index contributed by atoms with van der Waals surface area (Å²) in [4.78, 5) is 44.8. The van der Waals surface area contributed by atoms with Gasteiger partial charge >= 0.3 is 0 Å². The Bertz CT molecular complexity index is 838. The largest absolute Gasteiger partial charge is 0.532 e. The number of hydrogen-bond acceptors (Lipinski definition) is 6. The summed E-state index contributed by atoms with van der Waals surface area (Å²) in [7, 11) is 1.51. The van der Waals surface area contributed by atoms with Crippen molar-refractivity contribution in [3.05, 3.63) is 0 Å². The molecule has 10 nitrogen and oxygen atoms in total. The summed E-state index contributed by atoms with van der Waals surface area (Å²) < 4.78 is 5.80. The molecule has 0 bridgehead atoms. The molecule has 11 heteroatoms. The fraction of sp³-hybridized carbons (Fsp3) is 0.815. The van der Waals surface area contributed by atoms with Crippen molar-refractivity contribution in [2.24, 2.45) is 23.2 Å². The maximum Gasteiger partial charge on any atom is 0.225 e. The number of fused-ring (bicyclic) bond motifs is 1. The van der Waals surface area contributed by atoms with Gasteiger partial charge in [0.15, 0.2) is 0 Å². The molecule has 3 fully saturated rings. The fourth-order valence-corrected chi connectivity index (χ4v) is 5.27. The van der Waals surface area contributed by atoms with Crippen LogP contribution in [-0.4, -0.2) is 73.0 Å². The summed E-state index contributed by atoms with van der Waals surface area (Å²) in [6, 6.07) is 1.38. The molecule has 3 rings (SSSR count). The van der Waals surface area contributed by atoms with Crippen LogP contribution in [0.15, 0.2) is 0 Å². The summed E-state index contributed by atoms with van der Waals surface area (Å²) in [5.74, 6) is 1.51. The van der Waals surface area contributed by atoms with Crippen molar-refractivity contribution in [3.63, 3.8) is 0 Å². The molecule has 2 aliphatic heterocycles. The van der Waals surface area contributed by atoms with E-state index < -0.39 is 6.04 Å². The van der Waals surface area contributed by atoms with Gasteiger partial charge < -0.3 is 30.4 Å². The molecule has 0 spiro atoms. The first-order chi connectivity index (χ1) is 17.0. The van der Waals surface area contributed by atoms with Gasteiger partial charge in [0.25, 0.3) is 0 Å². The normalized spacial score (nSPS) is 25.2. The Hall–Kier alpha value is -3.67. The van der Waals surface area contributed by atoms with Crippen molar-refractivity contribution >= 4 is 24.6 Å². The maximum atomic E-state index is 12.2. The van der Waals surface area contributed by atoms with Crippen LogP contribution in [0.1, 0.15) is 74.7 Å². The van der Waals surface area contributed by atoms with E-state index in [1.54, 1.807) is 0 Å². The molecule has 0 aromatic carbocycles. The molecule has 3 N–H and O–H groups in total. The predicted molar refractivity (Wildman–Crippen MR) is 141 cm³/mol. The fourth-order valence-electron chi connectivity index (χ4n) is 5.27. The third kappa shape index (κ3) is 10.4. The van der Waals surface area contributed by atoms with E-state index in [-0.39, 0.29) is 35.0 Å². The molecule has 1 saturated carbocycles. The zero-order chi connectivity index (χ0) is 28.6. The first-order valence-electron chi connectivity index (χ1n) is 12.9. The molecule has 38 heavy (non-hydrogen) atoms. The molecule has 0 aromatic rings. The van der Waals surface area contributed by atoms with E-state index in [2.05, 4.69) is 29.8 Å². The zero-order valence-electron chi connectivity index (χ0n) is 24.2. The van der Waals surface area contributed by atoms with E-state index in [0.717, 1.165) is 24.9 Å². The molecule has 2 saturated heterocycles. The molecule has 0 radical (unpaired) electrons. The average molecular weight is 778 g/mol. The number of amides is 4. The van der Waals surface area contributed by atoms with Crippen molar-refractivity contribution in [1.29, 1.82) is 5.26 Å². The average Bonchev–Trinajstić information content (AvgIpc) is 3.11. The minimum absolute atomic E-state index is 0. The number of nitrogens with one attached hydrogen (secondary N) is 3. The van der Waals surface area contributed by atoms with Gasteiger partial charge in [0.05, 0.1) is 24.2 Å². The third-order valence-electron chi connectivity index (χ3n) is 7.13. The monoisotopic (exact) mass is 777 g/mol. The molecule has 222 valence electrons. The molecule has 4 unspecified atom stereocenters. The van der Waals surface area contributed by atoms with E-state index >= 15 is 0 Å². The molecule has 2 heterocycles. The second-order valence-electron chi connectivity index (χ2n) is 12.4. The van der Waals surface area contributed by atoms with E-state index in [1.807, 2.05) is 52.5 Å². The van der Waals surface area contributed by atoms with Gasteiger partial charge in [-0.25, -0.2) is 0 Å². The summed E-state index contributed by atoms with van der Waals surface area (Å²) in [6.07, 6.45) is 3.51. The van der Waals surface area contributed by atoms with Crippen LogP contribution in [0.2, 0.25) is 0 Å². The van der Waals surface area contributed by atoms with E-state index in [9.17, 15) is 14.4 Å². The number of nitrogens with zero attached hydrogens (tertiary/aromatic N) is 2. The molecular weight excluding hydrogens is 731 g/mol. The Balaban J connectivity index is 0.000000625. The molecule has 4 amide bonds. The van der Waals surface area contributed by atoms with Gasteiger partial charge in [-0.15, -0.1) is 0 Å². The predicted octanol–water partition coefficient (Wildman–Crippen LogP) is 1.90. The zero-order valence-corrected chi connectivity index (χ0v) is 26.6. The number of likely N-dealkylation sites (tertiary alicyclic amines) is 1. The van der Waals surface area contributed by atoms with Gasteiger partial charge in [0.2, 0.25) is 18.2 Å². The quantitative estimate of drug-likeness (QED) is 0.196. The summed E-state index contributed by atoms with van der Waals surface area (Å²) in [5.41, 5.74) is 0.0993. The van der Waals surface area contributed by atoms with Crippen LogP contribution in [0.4, 0.5) is 0 Å². The van der Waals surface area contributed by atoms with E-state index in [1.165, 1.54) is 13.5 Å². The Kier molecular flexibility index (Phi) is 12.4. The van der Waals surface area contributed by atoms with Crippen LogP contribution in [0.3, 0.4) is 0 Å². The Morgan fingerprint density at radius 2 is 1.82 bits per heavy atom. The van der Waals surface area contributed by atoms with Crippen LogP contribution >= 0.6 is 0 Å². The minimum Gasteiger partial charge on any atom is -0.532 e. The number of carbonyl (C=O) groups is 3. The van der Waals surface area contributed by atoms with Crippen molar-refractivity contribution in [1.82, 2.24) is 20.9 Å². The Labute approximate surface area is 222 Å². The van der Waals surface area contributed by atoms with Crippen LogP contribution in [0.25, 0.3) is 0 Å². The second-order valence-corrected chi connectivity index (χ2v) is 12.4. The number of nitriles is 1. The van der Waals surface area contributed by atoms with Gasteiger partial charge in [-0.1, -0.05) is 13.8 Å². The Morgan fingerprint density at radius 3 is 2.18 bits per heavy atom. The van der Waals surface area contributed by atoms with Crippen molar-refractivity contribution in [2.75, 3.05) is 20.1 Å². The van der Waals surface area contributed by atoms with Crippen molar-refractivity contribution in [3.8, 4) is 6.07 Å². The third-order valence-corrected chi connectivity index (χ3v) is 7.13. The standard InChI is InChI=1S/C15H27NO2.C10H15N3O2.C2H4NO.Fm/c1-10(18-14(2,3)4)7-13(17)16-8-11-12(9-16)15(11,5)6;1-10(2)4-7(9(15)13-10)3-8(5-11)12-6-14;1-3-2-4;/h10-12H,7-9H2,1-6H3;6-8H,3-4H2,1-2H3,(H,12,14)(H,13,15);1H3,(H,3,4);/q;;-1;/t10-,11?,12?;;;/m1.../s1. The van der Waals surface area contributed by atoms with Crippen LogP contribution in [0.5, 0.6) is 0 Å². The molecular formula is C27H46FmN5O5-. The maximum absolute atomic E-state index is 12.2. The van der Waals surface area contributed by atoms with E-state index in [4.69, 9.17) is 14.8 Å². The summed E-state index contributed by atoms with van der Waals surface area (Å²) in [5, 5.41) is 16.1. The molecule has 0 aromatic heterocycles. The van der Waals surface area contributed by atoms with Gasteiger partial charge in [-0.2, -0.15) is 11.7 Å². The van der Waals surface area contributed by atoms with Crippen molar-refractivity contribution in [2.45, 2.75) is 97.9 Å². The van der Waals surface area contributed by atoms with E-state index in [0.29, 0.717) is 31.1 Å². The van der Waals surface area contributed by atoms with Gasteiger partial charge in [0, 0.05) is 24.5 Å². The van der Waals surface area contributed by atoms with Gasteiger partial charge in [-0.05, 0) is 78.7 Å². The smallest absolute Gasteiger partial charge is 0.225 e. The number of hydrogen-bond donors (Lipinski definition) is 3. The number of carbonyl (C=O) groups excluding carboxylic acids is 4. The molecule has 3 aliphatic rings. The van der Waals surface area contributed by atoms with Crippen LogP contribution in [0, 0.1) is 34.5 Å². The van der Waals surface area contributed by atoms with Gasteiger partial charge in [-0.3, -0.25) is 14.4 Å². The number of ether oxygens (including phenoxy) is 1. The summed E-state index contributed by atoms with van der Waals surface area (Å²) >= 11 is 0. The molecule has 1 aliphatic carbocycles. The first-order valence-corrected chi connectivity index (χ1v) is 12.9. The Morgan fingerprint density at radius 1 is 1.29 bits per heavy atom. The second kappa shape index (κ2) is 13.8. The van der Waals surface area contributed by atoms with Gasteiger partial charge in [0.1, 0.15) is 6.04 Å². The first kappa shape index (κ1) is 34.3. The van der Waals surface area contributed by atoms with Crippen LogP contribution < -0.4 is 16.0 Å². The number of piperidine rings is 1. The van der Waals surface area contributed by atoms with Crippen molar-refractivity contribution < 1.29 is 23.9 Å². The summed E-state index contributed by atoms with van der Waals surface area (Å²) in [6.45, 7) is 18.5. The molecule has 5 atom stereocenters.